The molecule has 3 atom stereocenters. The van der Waals surface area contributed by atoms with Crippen LogP contribution in [0.15, 0.2) is 0 Å². The molecule has 2 bridgehead atoms. The zero-order chi connectivity index (χ0) is 27.7. The number of nitrogens with zero attached hydrogens (tertiary/aromatic N) is 1. The van der Waals surface area contributed by atoms with Gasteiger partial charge in [0, 0.05) is 31.8 Å². The van der Waals surface area contributed by atoms with Gasteiger partial charge in [-0.25, -0.2) is 0 Å². The Morgan fingerprint density at radius 2 is 1.84 bits per heavy atom. The number of carbonyl (C=O) groups is 4. The van der Waals surface area contributed by atoms with Crippen molar-refractivity contribution in [3.63, 3.8) is 0 Å². The Labute approximate surface area is 212 Å². The molecule has 4 saturated heterocycles. The van der Waals surface area contributed by atoms with Gasteiger partial charge in [-0.05, 0) is 37.5 Å². The number of amides is 3. The number of ether oxygens (including phenoxy) is 2. The average Bonchev–Trinajstić information content (AvgIpc) is 3.18. The van der Waals surface area contributed by atoms with Gasteiger partial charge in [-0.3, -0.25) is 23.9 Å². The first-order chi connectivity index (χ1) is 17.6. The van der Waals surface area contributed by atoms with Crippen molar-refractivity contribution < 1.29 is 55.0 Å². The summed E-state index contributed by atoms with van der Waals surface area (Å²) in [7, 11) is 0. The van der Waals surface area contributed by atoms with Crippen LogP contribution in [0.1, 0.15) is 44.9 Å². The summed E-state index contributed by atoms with van der Waals surface area (Å²) in [5.74, 6) is -3.76. The zero-order valence-corrected chi connectivity index (χ0v) is 20.2. The summed E-state index contributed by atoms with van der Waals surface area (Å²) in [6.07, 6.45) is -9.03. The fourth-order valence-corrected chi connectivity index (χ4v) is 6.27. The number of ketones is 1. The van der Waals surface area contributed by atoms with Crippen molar-refractivity contribution in [1.29, 1.82) is 0 Å². The van der Waals surface area contributed by atoms with E-state index in [9.17, 15) is 45.5 Å². The Balaban J connectivity index is 1.30. The summed E-state index contributed by atoms with van der Waals surface area (Å²) in [6.45, 7) is -1.57. The van der Waals surface area contributed by atoms with Crippen molar-refractivity contribution in [3.05, 3.63) is 0 Å². The highest BCUT2D eigenvalue weighted by Crippen LogP contribution is 2.66. The van der Waals surface area contributed by atoms with E-state index in [2.05, 4.69) is 15.4 Å². The minimum atomic E-state index is -5.09. The summed E-state index contributed by atoms with van der Waals surface area (Å²) in [5.41, 5.74) is -4.14. The van der Waals surface area contributed by atoms with Gasteiger partial charge >= 0.3 is 12.5 Å². The first kappa shape index (κ1) is 27.2. The molecular weight excluding hydrogens is 528 g/mol. The molecule has 15 heteroatoms. The van der Waals surface area contributed by atoms with Crippen LogP contribution in [0.3, 0.4) is 0 Å². The topological polar surface area (TPSA) is 114 Å². The first-order valence-corrected chi connectivity index (χ1v) is 12.4. The third-order valence-corrected chi connectivity index (χ3v) is 8.66. The molecule has 38 heavy (non-hydrogen) atoms. The molecule has 0 aromatic carbocycles. The van der Waals surface area contributed by atoms with Crippen LogP contribution in [0.2, 0.25) is 0 Å². The molecule has 0 aromatic rings. The number of nitrogens with one attached hydrogen (secondary N) is 2. The van der Waals surface area contributed by atoms with Gasteiger partial charge in [-0.2, -0.15) is 13.2 Å². The maximum Gasteiger partial charge on any atom is 0.522 e. The number of alkyl halides is 6. The highest BCUT2D eigenvalue weighted by molar-refractivity contribution is 5.96. The van der Waals surface area contributed by atoms with Gasteiger partial charge in [0.05, 0.1) is 18.1 Å². The third kappa shape index (κ3) is 4.75. The Morgan fingerprint density at radius 3 is 2.37 bits per heavy atom. The second-order valence-corrected chi connectivity index (χ2v) is 11.3. The van der Waals surface area contributed by atoms with E-state index in [1.165, 1.54) is 4.90 Å². The molecule has 9 nitrogen and oxygen atoms in total. The van der Waals surface area contributed by atoms with E-state index in [1.54, 1.807) is 0 Å². The molecule has 212 valence electrons. The predicted octanol–water partition coefficient (Wildman–Crippen LogP) is 1.60. The van der Waals surface area contributed by atoms with E-state index in [-0.39, 0.29) is 24.8 Å². The molecule has 2 aliphatic carbocycles. The molecule has 1 spiro atoms. The Morgan fingerprint density at radius 1 is 1.16 bits per heavy atom. The minimum absolute atomic E-state index is 0.134. The molecule has 4 aliphatic heterocycles. The number of Topliss-reactive ketones (excluding diaryl/α,β-unsaturated/α-hetero) is 1. The van der Waals surface area contributed by atoms with Crippen LogP contribution in [-0.4, -0.2) is 84.9 Å². The number of halogens is 6. The van der Waals surface area contributed by atoms with Gasteiger partial charge in [0.15, 0.2) is 5.78 Å². The van der Waals surface area contributed by atoms with Crippen molar-refractivity contribution in [2.24, 2.45) is 16.7 Å². The first-order valence-electron chi connectivity index (χ1n) is 12.4. The molecule has 0 radical (unpaired) electrons. The predicted molar refractivity (Wildman–Crippen MR) is 113 cm³/mol. The van der Waals surface area contributed by atoms with Crippen LogP contribution in [0, 0.1) is 16.7 Å². The van der Waals surface area contributed by atoms with Crippen LogP contribution >= 0.6 is 0 Å². The van der Waals surface area contributed by atoms with E-state index < -0.39 is 91.1 Å². The molecule has 6 rings (SSSR count). The fraction of sp³-hybridized carbons (Fsp3) is 0.826. The van der Waals surface area contributed by atoms with E-state index in [0.29, 0.717) is 25.8 Å². The lowest BCUT2D eigenvalue weighted by Crippen LogP contribution is -2.62. The SMILES string of the molecule is O=C1NCC[C@H]1C[C@H](NC(=O)[C@@H]1CC2(CC2)CN1C(=O)C12CC(C(F)(F)F)(CO1)C2)C(=O)COC(F)(F)F. The maximum absolute atomic E-state index is 13.5. The maximum atomic E-state index is 13.5. The lowest BCUT2D eigenvalue weighted by molar-refractivity contribution is -0.321. The number of fused-ring (bicyclic) bond motifs is 1. The van der Waals surface area contributed by atoms with Crippen molar-refractivity contribution in [1.82, 2.24) is 15.5 Å². The lowest BCUT2D eigenvalue weighted by Gasteiger charge is -2.46. The largest absolute Gasteiger partial charge is 0.522 e. The third-order valence-electron chi connectivity index (χ3n) is 8.66. The number of rotatable bonds is 8. The average molecular weight is 555 g/mol. The normalized spacial score (nSPS) is 34.2. The van der Waals surface area contributed by atoms with Crippen molar-refractivity contribution in [3.8, 4) is 0 Å². The van der Waals surface area contributed by atoms with Gasteiger partial charge in [-0.15, -0.1) is 13.2 Å². The number of hydrogen-bond donors (Lipinski definition) is 2. The van der Waals surface area contributed by atoms with E-state index in [4.69, 9.17) is 4.74 Å². The molecule has 0 aromatic heterocycles. The van der Waals surface area contributed by atoms with Gasteiger partial charge in [-0.1, -0.05) is 0 Å². The minimum Gasteiger partial charge on any atom is -0.364 e. The highest BCUT2D eigenvalue weighted by atomic mass is 19.4. The Hall–Kier alpha value is -2.42. The highest BCUT2D eigenvalue weighted by Gasteiger charge is 2.77. The molecule has 6 fully saturated rings. The quantitative estimate of drug-likeness (QED) is 0.440. The molecule has 2 saturated carbocycles. The van der Waals surface area contributed by atoms with E-state index >= 15 is 0 Å². The number of likely N-dealkylation sites (tertiary alicyclic amines) is 1. The van der Waals surface area contributed by atoms with Gasteiger partial charge in [0.1, 0.15) is 18.2 Å². The number of hydrogen-bond acceptors (Lipinski definition) is 6. The molecule has 2 N–H and O–H groups in total. The smallest absolute Gasteiger partial charge is 0.364 e. The monoisotopic (exact) mass is 555 g/mol. The van der Waals surface area contributed by atoms with Crippen molar-refractivity contribution in [2.45, 2.75) is 75.2 Å². The molecule has 3 amide bonds. The summed E-state index contributed by atoms with van der Waals surface area (Å²) in [4.78, 5) is 52.6. The van der Waals surface area contributed by atoms with Crippen LogP contribution < -0.4 is 10.6 Å². The summed E-state index contributed by atoms with van der Waals surface area (Å²) >= 11 is 0. The second kappa shape index (κ2) is 8.80. The zero-order valence-electron chi connectivity index (χ0n) is 20.2. The van der Waals surface area contributed by atoms with Crippen LogP contribution in [0.25, 0.3) is 0 Å². The summed E-state index contributed by atoms with van der Waals surface area (Å²) < 4.78 is 87.0. The molecule has 6 aliphatic rings. The van der Waals surface area contributed by atoms with E-state index in [1.807, 2.05) is 0 Å². The Kier molecular flexibility index (Phi) is 6.29. The van der Waals surface area contributed by atoms with Crippen molar-refractivity contribution >= 4 is 23.5 Å². The number of carbonyl (C=O) groups excluding carboxylic acids is 4. The fourth-order valence-electron chi connectivity index (χ4n) is 6.27. The van der Waals surface area contributed by atoms with E-state index in [0.717, 1.165) is 0 Å². The second-order valence-electron chi connectivity index (χ2n) is 11.3. The van der Waals surface area contributed by atoms with Gasteiger partial charge in [0.25, 0.3) is 5.91 Å². The van der Waals surface area contributed by atoms with Crippen LogP contribution in [0.4, 0.5) is 26.3 Å². The summed E-state index contributed by atoms with van der Waals surface area (Å²) in [5, 5.41) is 4.96. The summed E-state index contributed by atoms with van der Waals surface area (Å²) in [6, 6.07) is -2.63. The van der Waals surface area contributed by atoms with Crippen LogP contribution in [0.5, 0.6) is 0 Å². The standard InChI is InChI=1S/C23H27F6N3O6/c24-22(25,26)20-8-21(9-20,38-11-20)18(36)32-10-19(2-3-19)6-14(32)17(35)31-13(5-12-1-4-30-16(12)34)15(33)7-37-23(27,28)29/h12-14H,1-11H2,(H,30,34)(H,31,35)/t12-,13-,14-,20?,21?/m0/s1. The lowest BCUT2D eigenvalue weighted by atomic mass is 9.61. The Bertz CT molecular complexity index is 1040. The van der Waals surface area contributed by atoms with Crippen LogP contribution in [-0.2, 0) is 28.7 Å². The molecule has 4 heterocycles. The molecular formula is C23H27F6N3O6. The van der Waals surface area contributed by atoms with Gasteiger partial charge < -0.3 is 20.3 Å². The van der Waals surface area contributed by atoms with Gasteiger partial charge in [0.2, 0.25) is 11.8 Å². The molecule has 0 unspecified atom stereocenters. The van der Waals surface area contributed by atoms with Crippen molar-refractivity contribution in [2.75, 3.05) is 26.3 Å².